The van der Waals surface area contributed by atoms with Crippen molar-refractivity contribution in [3.63, 3.8) is 0 Å². The van der Waals surface area contributed by atoms with E-state index in [1.807, 2.05) is 18.2 Å². The van der Waals surface area contributed by atoms with Crippen molar-refractivity contribution in [3.05, 3.63) is 29.8 Å². The van der Waals surface area contributed by atoms with E-state index in [0.29, 0.717) is 11.7 Å². The quantitative estimate of drug-likeness (QED) is 0.661. The lowest BCUT2D eigenvalue weighted by Crippen LogP contribution is -2.40. The molecule has 5 nitrogen and oxygen atoms in total. The van der Waals surface area contributed by atoms with E-state index in [9.17, 15) is 4.79 Å². The fourth-order valence-corrected chi connectivity index (χ4v) is 6.16. The summed E-state index contributed by atoms with van der Waals surface area (Å²) in [5.74, 6) is 2.90. The lowest BCUT2D eigenvalue weighted by Gasteiger charge is -2.28. The third-order valence-corrected chi connectivity index (χ3v) is 7.92. The number of thioether (sulfide) groups is 1. The zero-order valence-corrected chi connectivity index (χ0v) is 17.4. The van der Waals surface area contributed by atoms with Crippen LogP contribution < -0.4 is 10.6 Å². The van der Waals surface area contributed by atoms with Crippen LogP contribution in [0.3, 0.4) is 0 Å². The summed E-state index contributed by atoms with van der Waals surface area (Å²) >= 11 is 2.94. The molecule has 0 radical (unpaired) electrons. The summed E-state index contributed by atoms with van der Waals surface area (Å²) in [4.78, 5) is 12.3. The molecule has 2 saturated carbocycles. The predicted octanol–water partition coefficient (Wildman–Crippen LogP) is 4.62. The van der Waals surface area contributed by atoms with Crippen molar-refractivity contribution in [1.82, 2.24) is 15.5 Å². The van der Waals surface area contributed by atoms with Gasteiger partial charge in [0.25, 0.3) is 0 Å². The van der Waals surface area contributed by atoms with Crippen molar-refractivity contribution >= 4 is 39.8 Å². The Bertz CT molecular complexity index is 809. The molecule has 0 spiro atoms. The highest BCUT2D eigenvalue weighted by Crippen LogP contribution is 2.49. The number of hydrogen-bond donors (Lipinski definition) is 2. The van der Waals surface area contributed by atoms with Crippen LogP contribution in [0.2, 0.25) is 0 Å². The molecule has 0 aliphatic heterocycles. The van der Waals surface area contributed by atoms with Crippen LogP contribution in [-0.2, 0) is 4.79 Å². The van der Waals surface area contributed by atoms with Crippen LogP contribution in [0.1, 0.15) is 38.2 Å². The number of fused-ring (bicyclic) bond motifs is 2. The Morgan fingerprint density at radius 1 is 1.30 bits per heavy atom. The van der Waals surface area contributed by atoms with Gasteiger partial charge in [0, 0.05) is 11.7 Å². The zero-order chi connectivity index (χ0) is 18.8. The molecule has 0 unspecified atom stereocenters. The summed E-state index contributed by atoms with van der Waals surface area (Å²) in [6.45, 7) is 4.23. The molecule has 2 bridgehead atoms. The average Bonchev–Trinajstić information content (AvgIpc) is 3.39. The molecular weight excluding hydrogens is 376 g/mol. The highest BCUT2D eigenvalue weighted by molar-refractivity contribution is 8.01. The van der Waals surface area contributed by atoms with E-state index in [1.165, 1.54) is 48.8 Å². The number of rotatable bonds is 7. The molecule has 2 aliphatic rings. The van der Waals surface area contributed by atoms with Gasteiger partial charge in [-0.3, -0.25) is 4.79 Å². The molecule has 1 heterocycles. The van der Waals surface area contributed by atoms with Gasteiger partial charge in [-0.05, 0) is 62.5 Å². The van der Waals surface area contributed by atoms with E-state index in [4.69, 9.17) is 0 Å². The van der Waals surface area contributed by atoms with E-state index >= 15 is 0 Å². The van der Waals surface area contributed by atoms with Gasteiger partial charge in [-0.1, -0.05) is 47.7 Å². The second kappa shape index (κ2) is 8.19. The van der Waals surface area contributed by atoms with Gasteiger partial charge in [-0.15, -0.1) is 10.2 Å². The highest BCUT2D eigenvalue weighted by Gasteiger charge is 2.42. The maximum atomic E-state index is 12.3. The standard InChI is InChI=1S/C20H26N4OS2/c1-12-5-3-4-6-17(12)22-19-23-24-20(27-19)26-11-18(25)21-13(2)16-10-14-7-8-15(16)9-14/h3-6,13-16H,7-11H2,1-2H3,(H,21,25)(H,22,23)/t13-,14-,15-,16-/m0/s1. The second-order valence-corrected chi connectivity index (χ2v) is 10.00. The van der Waals surface area contributed by atoms with E-state index in [2.05, 4.69) is 40.7 Å². The van der Waals surface area contributed by atoms with Crippen molar-refractivity contribution in [2.45, 2.75) is 49.9 Å². The molecule has 4 rings (SSSR count). The minimum atomic E-state index is 0.0962. The number of aromatic nitrogens is 2. The first-order valence-corrected chi connectivity index (χ1v) is 11.5. The van der Waals surface area contributed by atoms with Crippen LogP contribution in [0.4, 0.5) is 10.8 Å². The molecule has 1 aromatic heterocycles. The van der Waals surface area contributed by atoms with Crippen LogP contribution in [0, 0.1) is 24.7 Å². The molecule has 27 heavy (non-hydrogen) atoms. The van der Waals surface area contributed by atoms with Gasteiger partial charge in [0.2, 0.25) is 11.0 Å². The number of hydrogen-bond acceptors (Lipinski definition) is 6. The van der Waals surface area contributed by atoms with Gasteiger partial charge in [0.05, 0.1) is 5.75 Å². The molecule has 2 aliphatic carbocycles. The third kappa shape index (κ3) is 4.46. The lowest BCUT2D eigenvalue weighted by molar-refractivity contribution is -0.119. The summed E-state index contributed by atoms with van der Waals surface area (Å²) in [5, 5.41) is 15.6. The Morgan fingerprint density at radius 2 is 2.15 bits per heavy atom. The molecule has 7 heteroatoms. The van der Waals surface area contributed by atoms with Gasteiger partial charge < -0.3 is 10.6 Å². The molecule has 0 saturated heterocycles. The normalized spacial score (nSPS) is 24.7. The van der Waals surface area contributed by atoms with Crippen molar-refractivity contribution in [1.29, 1.82) is 0 Å². The minimum Gasteiger partial charge on any atom is -0.353 e. The zero-order valence-electron chi connectivity index (χ0n) is 15.8. The van der Waals surface area contributed by atoms with Crippen molar-refractivity contribution in [2.75, 3.05) is 11.1 Å². The van der Waals surface area contributed by atoms with E-state index in [1.54, 1.807) is 0 Å². The maximum Gasteiger partial charge on any atom is 0.230 e. The number of amides is 1. The Kier molecular flexibility index (Phi) is 5.68. The largest absolute Gasteiger partial charge is 0.353 e. The Hall–Kier alpha value is -1.60. The summed E-state index contributed by atoms with van der Waals surface area (Å²) < 4.78 is 0.814. The monoisotopic (exact) mass is 402 g/mol. The molecule has 2 aromatic rings. The number of aryl methyl sites for hydroxylation is 1. The fourth-order valence-electron chi connectivity index (χ4n) is 4.58. The second-order valence-electron chi connectivity index (χ2n) is 7.80. The summed E-state index contributed by atoms with van der Waals surface area (Å²) in [5.41, 5.74) is 2.19. The smallest absolute Gasteiger partial charge is 0.230 e. The van der Waals surface area contributed by atoms with Crippen molar-refractivity contribution in [2.24, 2.45) is 17.8 Å². The molecule has 144 valence electrons. The SMILES string of the molecule is Cc1ccccc1Nc1nnc(SCC(=O)N[C@@H](C)[C@@H]2C[C@H]3CC[C@H]2C3)s1. The van der Waals surface area contributed by atoms with Gasteiger partial charge >= 0.3 is 0 Å². The van der Waals surface area contributed by atoms with Crippen LogP contribution in [0.5, 0.6) is 0 Å². The van der Waals surface area contributed by atoms with E-state index in [0.717, 1.165) is 32.6 Å². The average molecular weight is 403 g/mol. The maximum absolute atomic E-state index is 12.3. The number of nitrogens with zero attached hydrogens (tertiary/aromatic N) is 2. The van der Waals surface area contributed by atoms with E-state index < -0.39 is 0 Å². The number of anilines is 2. The summed E-state index contributed by atoms with van der Waals surface area (Å²) in [7, 11) is 0. The first-order chi connectivity index (χ1) is 13.1. The number of nitrogens with one attached hydrogen (secondary N) is 2. The molecule has 4 atom stereocenters. The Labute approximate surface area is 168 Å². The fraction of sp³-hybridized carbons (Fsp3) is 0.550. The topological polar surface area (TPSA) is 66.9 Å². The number of para-hydroxylation sites is 1. The Morgan fingerprint density at radius 3 is 2.89 bits per heavy atom. The predicted molar refractivity (Wildman–Crippen MR) is 112 cm³/mol. The van der Waals surface area contributed by atoms with Crippen LogP contribution in [-0.4, -0.2) is 27.9 Å². The number of carbonyl (C=O) groups is 1. The van der Waals surface area contributed by atoms with E-state index in [-0.39, 0.29) is 11.9 Å². The molecule has 2 fully saturated rings. The van der Waals surface area contributed by atoms with Gasteiger partial charge in [-0.25, -0.2) is 0 Å². The number of benzene rings is 1. The van der Waals surface area contributed by atoms with Crippen LogP contribution in [0.25, 0.3) is 0 Å². The van der Waals surface area contributed by atoms with Crippen molar-refractivity contribution < 1.29 is 4.79 Å². The Balaban J connectivity index is 1.25. The molecule has 1 aromatic carbocycles. The van der Waals surface area contributed by atoms with Crippen LogP contribution in [0.15, 0.2) is 28.6 Å². The van der Waals surface area contributed by atoms with Crippen molar-refractivity contribution in [3.8, 4) is 0 Å². The van der Waals surface area contributed by atoms with Gasteiger partial charge in [0.15, 0.2) is 4.34 Å². The third-order valence-electron chi connectivity index (χ3n) is 5.94. The molecule has 2 N–H and O–H groups in total. The lowest BCUT2D eigenvalue weighted by atomic mass is 9.84. The van der Waals surface area contributed by atoms with Crippen LogP contribution >= 0.6 is 23.1 Å². The summed E-state index contributed by atoms with van der Waals surface area (Å²) in [6, 6.07) is 8.36. The summed E-state index contributed by atoms with van der Waals surface area (Å²) in [6.07, 6.45) is 5.42. The molecular formula is C20H26N4OS2. The number of carbonyl (C=O) groups excluding carboxylic acids is 1. The minimum absolute atomic E-state index is 0.0962. The van der Waals surface area contributed by atoms with Gasteiger partial charge in [0.1, 0.15) is 0 Å². The molecule has 1 amide bonds. The highest BCUT2D eigenvalue weighted by atomic mass is 32.2. The van der Waals surface area contributed by atoms with Gasteiger partial charge in [-0.2, -0.15) is 0 Å². The first-order valence-electron chi connectivity index (χ1n) is 9.67. The first kappa shape index (κ1) is 18.7.